The SMILES string of the molecule is CCOc1cc(/C(O)=C2/C(=O)C(=O)N(CCN(C)C)C2c2ccc(OC(C)C)c(OC)c2)ccc1Cl. The average Bonchev–Trinajstić information content (AvgIpc) is 3.08. The Morgan fingerprint density at radius 1 is 1.11 bits per heavy atom. The fraction of sp³-hybridized carbons (Fsp3) is 0.407. The number of rotatable bonds is 10. The first-order valence-electron chi connectivity index (χ1n) is 11.8. The zero-order chi connectivity index (χ0) is 26.6. The van der Waals surface area contributed by atoms with E-state index >= 15 is 0 Å². The number of ketones is 1. The first kappa shape index (κ1) is 27.4. The van der Waals surface area contributed by atoms with E-state index in [0.717, 1.165) is 0 Å². The summed E-state index contributed by atoms with van der Waals surface area (Å²) in [7, 11) is 5.30. The minimum Gasteiger partial charge on any atom is -0.507 e. The van der Waals surface area contributed by atoms with E-state index in [1.165, 1.54) is 12.0 Å². The summed E-state index contributed by atoms with van der Waals surface area (Å²) >= 11 is 6.21. The minimum atomic E-state index is -0.821. The molecule has 0 bridgehead atoms. The number of carbonyl (C=O) groups excluding carboxylic acids is 2. The Balaban J connectivity index is 2.18. The van der Waals surface area contributed by atoms with E-state index in [1.54, 1.807) is 36.4 Å². The molecule has 0 aliphatic carbocycles. The summed E-state index contributed by atoms with van der Waals surface area (Å²) in [6.45, 7) is 6.84. The molecular weight excluding hydrogens is 484 g/mol. The second-order valence-electron chi connectivity index (χ2n) is 8.95. The Morgan fingerprint density at radius 2 is 1.83 bits per heavy atom. The maximum Gasteiger partial charge on any atom is 0.295 e. The number of likely N-dealkylation sites (N-methyl/N-ethyl adjacent to an activating group) is 1. The normalized spacial score (nSPS) is 17.2. The Hall–Kier alpha value is -3.23. The molecule has 1 atom stereocenters. The van der Waals surface area contributed by atoms with Crippen LogP contribution < -0.4 is 14.2 Å². The van der Waals surface area contributed by atoms with E-state index in [-0.39, 0.29) is 24.0 Å². The maximum atomic E-state index is 13.3. The van der Waals surface area contributed by atoms with Gasteiger partial charge in [0.1, 0.15) is 11.5 Å². The molecule has 1 heterocycles. The van der Waals surface area contributed by atoms with Gasteiger partial charge in [-0.2, -0.15) is 0 Å². The summed E-state index contributed by atoms with van der Waals surface area (Å²) in [6.07, 6.45) is -0.0695. The van der Waals surface area contributed by atoms with Gasteiger partial charge >= 0.3 is 0 Å². The van der Waals surface area contributed by atoms with E-state index in [0.29, 0.717) is 46.5 Å². The molecule has 3 rings (SSSR count). The molecule has 1 aliphatic heterocycles. The number of halogens is 1. The number of amides is 1. The van der Waals surface area contributed by atoms with Crippen molar-refractivity contribution in [1.82, 2.24) is 9.80 Å². The first-order valence-corrected chi connectivity index (χ1v) is 12.2. The molecule has 0 saturated carbocycles. The van der Waals surface area contributed by atoms with Gasteiger partial charge in [0, 0.05) is 18.7 Å². The van der Waals surface area contributed by atoms with Gasteiger partial charge in [-0.3, -0.25) is 9.59 Å². The molecule has 1 N–H and O–H groups in total. The number of hydrogen-bond acceptors (Lipinski definition) is 7. The summed E-state index contributed by atoms with van der Waals surface area (Å²) in [6, 6.07) is 9.17. The van der Waals surface area contributed by atoms with Gasteiger partial charge in [0.15, 0.2) is 11.5 Å². The molecule has 1 aliphatic rings. The van der Waals surface area contributed by atoms with Gasteiger partial charge in [-0.05, 0) is 70.8 Å². The van der Waals surface area contributed by atoms with Crippen LogP contribution >= 0.6 is 11.6 Å². The third-order valence-corrected chi connectivity index (χ3v) is 6.01. The highest BCUT2D eigenvalue weighted by molar-refractivity contribution is 6.46. The van der Waals surface area contributed by atoms with Crippen LogP contribution in [-0.2, 0) is 9.59 Å². The summed E-state index contributed by atoms with van der Waals surface area (Å²) in [5.41, 5.74) is 0.926. The standard InChI is InChI=1S/C27H33ClN2O6/c1-7-35-21-15-18(8-10-19(21)28)25(31)23-24(30(13-12-29(4)5)27(33)26(23)32)17-9-11-20(36-16(2)3)22(14-17)34-6/h8-11,14-16,24,31H,7,12-13H2,1-6H3/b25-23-. The van der Waals surface area contributed by atoms with Crippen LogP contribution in [0.2, 0.25) is 5.02 Å². The summed E-state index contributed by atoms with van der Waals surface area (Å²) in [4.78, 5) is 29.8. The third-order valence-electron chi connectivity index (χ3n) is 5.70. The van der Waals surface area contributed by atoms with Gasteiger partial charge in [0.2, 0.25) is 0 Å². The average molecular weight is 517 g/mol. The molecule has 9 heteroatoms. The lowest BCUT2D eigenvalue weighted by molar-refractivity contribution is -0.140. The highest BCUT2D eigenvalue weighted by Gasteiger charge is 2.46. The van der Waals surface area contributed by atoms with Crippen LogP contribution in [0.15, 0.2) is 42.0 Å². The predicted molar refractivity (Wildman–Crippen MR) is 139 cm³/mol. The lowest BCUT2D eigenvalue weighted by Gasteiger charge is -2.27. The van der Waals surface area contributed by atoms with Crippen molar-refractivity contribution in [2.45, 2.75) is 32.9 Å². The molecular formula is C27H33ClN2O6. The number of benzene rings is 2. The van der Waals surface area contributed by atoms with Crippen molar-refractivity contribution < 1.29 is 28.9 Å². The molecule has 0 aromatic heterocycles. The summed E-state index contributed by atoms with van der Waals surface area (Å²) < 4.78 is 16.9. The van der Waals surface area contributed by atoms with Crippen molar-refractivity contribution in [3.8, 4) is 17.2 Å². The number of methoxy groups -OCH3 is 1. The molecule has 1 unspecified atom stereocenters. The van der Waals surface area contributed by atoms with E-state index in [4.69, 9.17) is 25.8 Å². The maximum absolute atomic E-state index is 13.3. The van der Waals surface area contributed by atoms with Crippen molar-refractivity contribution in [1.29, 1.82) is 0 Å². The van der Waals surface area contributed by atoms with Gasteiger partial charge in [-0.1, -0.05) is 17.7 Å². The fourth-order valence-corrected chi connectivity index (χ4v) is 4.21. The molecule has 8 nitrogen and oxygen atoms in total. The Kier molecular flexibility index (Phi) is 8.87. The van der Waals surface area contributed by atoms with E-state index < -0.39 is 17.7 Å². The number of carbonyl (C=O) groups is 2. The molecule has 1 amide bonds. The quantitative estimate of drug-likeness (QED) is 0.282. The lowest BCUT2D eigenvalue weighted by Crippen LogP contribution is -2.35. The third kappa shape index (κ3) is 5.77. The topological polar surface area (TPSA) is 88.5 Å². The van der Waals surface area contributed by atoms with Crippen molar-refractivity contribution >= 4 is 29.1 Å². The second-order valence-corrected chi connectivity index (χ2v) is 9.36. The largest absolute Gasteiger partial charge is 0.507 e. The fourth-order valence-electron chi connectivity index (χ4n) is 4.04. The van der Waals surface area contributed by atoms with Crippen molar-refractivity contribution in [2.24, 2.45) is 0 Å². The predicted octanol–water partition coefficient (Wildman–Crippen LogP) is 4.52. The summed E-state index contributed by atoms with van der Waals surface area (Å²) in [5, 5.41) is 11.7. The van der Waals surface area contributed by atoms with Crippen LogP contribution in [0.3, 0.4) is 0 Å². The molecule has 0 spiro atoms. The number of Topliss-reactive ketones (excluding diaryl/α,β-unsaturated/α-hetero) is 1. The molecule has 1 saturated heterocycles. The van der Waals surface area contributed by atoms with Crippen LogP contribution in [0.5, 0.6) is 17.2 Å². The molecule has 1 fully saturated rings. The number of ether oxygens (including phenoxy) is 3. The van der Waals surface area contributed by atoms with E-state index in [9.17, 15) is 14.7 Å². The monoisotopic (exact) mass is 516 g/mol. The van der Waals surface area contributed by atoms with Gasteiger partial charge < -0.3 is 29.1 Å². The minimum absolute atomic E-state index is 0.0110. The van der Waals surface area contributed by atoms with Crippen LogP contribution in [0.25, 0.3) is 5.76 Å². The van der Waals surface area contributed by atoms with E-state index in [2.05, 4.69) is 0 Å². The number of nitrogens with zero attached hydrogens (tertiary/aromatic N) is 2. The molecule has 194 valence electrons. The van der Waals surface area contributed by atoms with Crippen LogP contribution in [-0.4, -0.2) is 73.6 Å². The molecule has 2 aromatic rings. The number of hydrogen-bond donors (Lipinski definition) is 1. The Bertz CT molecular complexity index is 1160. The number of aliphatic hydroxyl groups excluding tert-OH is 1. The van der Waals surface area contributed by atoms with Crippen LogP contribution in [0.1, 0.15) is 37.9 Å². The first-order chi connectivity index (χ1) is 17.1. The van der Waals surface area contributed by atoms with Gasteiger partial charge in [0.25, 0.3) is 11.7 Å². The summed E-state index contributed by atoms with van der Waals surface area (Å²) in [5.74, 6) is -0.358. The zero-order valence-corrected chi connectivity index (χ0v) is 22.3. The molecule has 0 radical (unpaired) electrons. The van der Waals surface area contributed by atoms with Gasteiger partial charge in [0.05, 0.1) is 36.5 Å². The van der Waals surface area contributed by atoms with Gasteiger partial charge in [-0.15, -0.1) is 0 Å². The number of aliphatic hydroxyl groups is 1. The molecule has 36 heavy (non-hydrogen) atoms. The van der Waals surface area contributed by atoms with E-state index in [1.807, 2.05) is 39.8 Å². The second kappa shape index (κ2) is 11.7. The Morgan fingerprint density at radius 3 is 2.44 bits per heavy atom. The zero-order valence-electron chi connectivity index (χ0n) is 21.5. The van der Waals surface area contributed by atoms with Crippen molar-refractivity contribution in [2.75, 3.05) is 40.9 Å². The smallest absolute Gasteiger partial charge is 0.295 e. The van der Waals surface area contributed by atoms with Crippen LogP contribution in [0.4, 0.5) is 0 Å². The lowest BCUT2D eigenvalue weighted by atomic mass is 9.95. The molecule has 2 aromatic carbocycles. The number of likely N-dealkylation sites (tertiary alicyclic amines) is 1. The van der Waals surface area contributed by atoms with Crippen molar-refractivity contribution in [3.05, 3.63) is 58.1 Å². The van der Waals surface area contributed by atoms with Crippen LogP contribution in [0, 0.1) is 0 Å². The highest BCUT2D eigenvalue weighted by atomic mass is 35.5. The highest BCUT2D eigenvalue weighted by Crippen LogP contribution is 2.42. The van der Waals surface area contributed by atoms with Crippen molar-refractivity contribution in [3.63, 3.8) is 0 Å². The van der Waals surface area contributed by atoms with Gasteiger partial charge in [-0.25, -0.2) is 0 Å². The Labute approximate surface area is 217 Å².